The number of H-pyrrole nitrogens is 1. The molecule has 35 nitrogen and oxygen atoms in total. The van der Waals surface area contributed by atoms with Gasteiger partial charge in [-0.1, -0.05) is 46.2 Å². The number of aliphatic imine (C=N–C) groups is 2. The maximum atomic E-state index is 14.5. The van der Waals surface area contributed by atoms with Crippen molar-refractivity contribution in [1.29, 1.82) is 0 Å². The maximum Gasteiger partial charge on any atom is 0.326 e. The molecule has 0 aliphatic carbocycles. The number of hydrogen-bond donors (Lipinski definition) is 20. The van der Waals surface area contributed by atoms with Crippen molar-refractivity contribution in [2.45, 2.75) is 166 Å². The largest absolute Gasteiger partial charge is 0.508 e. The minimum atomic E-state index is -1.96. The average Bonchev–Trinajstić information content (AvgIpc) is 3.38. The summed E-state index contributed by atoms with van der Waals surface area (Å²) in [5, 5.41) is 61.5. The third kappa shape index (κ3) is 29.1. The van der Waals surface area contributed by atoms with Gasteiger partial charge in [-0.3, -0.25) is 62.7 Å². The van der Waals surface area contributed by atoms with Gasteiger partial charge in [-0.2, -0.15) is 0 Å². The van der Waals surface area contributed by atoms with Gasteiger partial charge in [-0.15, -0.1) is 0 Å². The highest BCUT2D eigenvalue weighted by Crippen LogP contribution is 2.14. The zero-order valence-corrected chi connectivity index (χ0v) is 50.3. The first-order valence-corrected chi connectivity index (χ1v) is 28.5. The molecule has 1 aromatic carbocycles. The van der Waals surface area contributed by atoms with E-state index in [0.29, 0.717) is 18.4 Å². The fraction of sp³-hybridized carbons (Fsp3) is 0.574. The Kier molecular flexibility index (Phi) is 32.6. The molecule has 0 spiro atoms. The molecule has 2 aromatic rings. The second-order valence-electron chi connectivity index (χ2n) is 21.5. The van der Waals surface area contributed by atoms with Crippen LogP contribution in [0.4, 0.5) is 0 Å². The number of aromatic nitrogens is 2. The Balaban J connectivity index is 2.53. The number of aliphatic carboxylic acids is 2. The summed E-state index contributed by atoms with van der Waals surface area (Å²) in [6.45, 7) is 7.25. The van der Waals surface area contributed by atoms with Crippen molar-refractivity contribution in [2.75, 3.05) is 19.6 Å². The molecule has 0 saturated carbocycles. The number of rotatable bonds is 41. The predicted molar refractivity (Wildman–Crippen MR) is 319 cm³/mol. The normalized spacial score (nSPS) is 14.7. The summed E-state index contributed by atoms with van der Waals surface area (Å²) in [6, 6.07) is -8.77. The van der Waals surface area contributed by atoms with Crippen LogP contribution in [0, 0.1) is 11.8 Å². The highest BCUT2D eigenvalue weighted by Gasteiger charge is 2.37. The summed E-state index contributed by atoms with van der Waals surface area (Å²) in [5.41, 5.74) is 33.9. The Morgan fingerprint density at radius 1 is 0.596 bits per heavy atom. The number of aliphatic hydroxyl groups excluding tert-OH is 1. The van der Waals surface area contributed by atoms with Crippen molar-refractivity contribution in [3.05, 3.63) is 48.0 Å². The van der Waals surface area contributed by atoms with Crippen LogP contribution in [0.3, 0.4) is 0 Å². The van der Waals surface area contributed by atoms with Crippen LogP contribution in [0.15, 0.2) is 46.8 Å². The van der Waals surface area contributed by atoms with E-state index in [-0.39, 0.29) is 80.9 Å². The highest BCUT2D eigenvalue weighted by atomic mass is 16.4. The van der Waals surface area contributed by atoms with Crippen molar-refractivity contribution < 1.29 is 78.0 Å². The van der Waals surface area contributed by atoms with Crippen LogP contribution in [-0.4, -0.2) is 193 Å². The molecule has 0 bridgehead atoms. The number of nitrogens with zero attached hydrogens (tertiary/aromatic N) is 3. The standard InChI is InChI=1S/C54H87N19O16/c1-6-27(4)42(52(88)89)72-40(77)24-64-45(81)36(20-29-11-13-31(75)14-12-29)68-47(83)34(15-16-41(78)79)67-50(86)38(22-39(56)76)70-46(82)33(10-8-18-63-54(59)60)66-49(85)37(21-30-23-61-25-65-30)69-48(84)35(19-26(2)3)71-51(87)43(28(5)74)73-44(80)32(55)9-7-17-62-53(57)58/h11-14,23,25-28,32-38,42-43,74-75H,6-10,15-22,24,55H2,1-5H3,(H2,56,76)(H,61,65)(H,64,81)(H,66,85)(H,67,86)(H,68,83)(H,69,84)(H,70,82)(H,71,87)(H,72,77)(H,73,80)(H,78,79)(H,88,89)(H4,57,58,62)(H4,59,60,63)/t27-,28+,32-,33-,34-,35-,36-,37-,38-,42-,43-/m0/s1. The van der Waals surface area contributed by atoms with Crippen LogP contribution in [0.1, 0.15) is 104 Å². The quantitative estimate of drug-likeness (QED) is 0.0167. The summed E-state index contributed by atoms with van der Waals surface area (Å²) in [7, 11) is 0. The first kappa shape index (κ1) is 75.4. The van der Waals surface area contributed by atoms with E-state index in [2.05, 4.69) is 67.8 Å². The first-order chi connectivity index (χ1) is 41.8. The number of aliphatic hydroxyl groups is 1. The molecular weight excluding hydrogens is 1170 g/mol. The Morgan fingerprint density at radius 2 is 1.10 bits per heavy atom. The van der Waals surface area contributed by atoms with E-state index in [1.165, 1.54) is 43.7 Å². The Morgan fingerprint density at radius 3 is 1.61 bits per heavy atom. The predicted octanol–water partition coefficient (Wildman–Crippen LogP) is -6.37. The molecule has 11 atom stereocenters. The minimum absolute atomic E-state index is 0.0330. The molecule has 0 saturated heterocycles. The van der Waals surface area contributed by atoms with E-state index < -0.39 is 163 Å². The first-order valence-electron chi connectivity index (χ1n) is 28.5. The van der Waals surface area contributed by atoms with Crippen LogP contribution < -0.4 is 82.3 Å². The number of benzene rings is 1. The second kappa shape index (κ2) is 38.5. The van der Waals surface area contributed by atoms with Gasteiger partial charge < -0.3 is 108 Å². The zero-order chi connectivity index (χ0) is 67.1. The number of carboxylic acid groups (broad SMARTS) is 2. The number of guanidine groups is 2. The lowest BCUT2D eigenvalue weighted by atomic mass is 9.99. The summed E-state index contributed by atoms with van der Waals surface area (Å²) < 4.78 is 0. The molecule has 89 heavy (non-hydrogen) atoms. The average molecular weight is 1260 g/mol. The van der Waals surface area contributed by atoms with E-state index in [0.717, 1.165) is 0 Å². The number of carbonyl (C=O) groups is 12. The smallest absolute Gasteiger partial charge is 0.326 e. The molecule has 0 fully saturated rings. The Labute approximate surface area is 512 Å². The van der Waals surface area contributed by atoms with Gasteiger partial charge in [-0.05, 0) is 75.0 Å². The van der Waals surface area contributed by atoms with Crippen molar-refractivity contribution in [1.82, 2.24) is 57.8 Å². The SMILES string of the molecule is CC[C@H](C)[C@H](NC(=O)CNC(=O)[C@H](Cc1ccc(O)cc1)NC(=O)[C@H](CCC(=O)O)NC(=O)[C@H](CC(N)=O)NC(=O)[C@H](CCCN=C(N)N)NC(=O)[C@H](Cc1cnc[nH]1)NC(=O)[C@H](CC(C)C)NC(=O)[C@@H](NC(=O)[C@@H](N)CCCN=C(N)N)[C@@H](C)O)C(=O)O. The van der Waals surface area contributed by atoms with E-state index in [1.54, 1.807) is 27.7 Å². The maximum absolute atomic E-state index is 14.5. The third-order valence-electron chi connectivity index (χ3n) is 13.4. The molecule has 26 N–H and O–H groups in total. The Bertz CT molecular complexity index is 2770. The van der Waals surface area contributed by atoms with Gasteiger partial charge in [0.15, 0.2) is 11.9 Å². The number of hydrogen-bond acceptors (Lipinski definition) is 18. The number of nitrogens with two attached hydrogens (primary N) is 6. The van der Waals surface area contributed by atoms with Crippen LogP contribution in [0.25, 0.3) is 0 Å². The molecule has 10 amide bonds. The topological polar surface area (TPSA) is 604 Å². The van der Waals surface area contributed by atoms with Gasteiger partial charge in [-0.25, -0.2) is 9.78 Å². The second-order valence-corrected chi connectivity index (χ2v) is 21.5. The van der Waals surface area contributed by atoms with Crippen LogP contribution in [-0.2, 0) is 70.4 Å². The van der Waals surface area contributed by atoms with Gasteiger partial charge in [0.05, 0.1) is 31.4 Å². The summed E-state index contributed by atoms with van der Waals surface area (Å²) in [6.07, 6.45) is -1.54. The number of carbonyl (C=O) groups excluding carboxylic acids is 10. The van der Waals surface area contributed by atoms with E-state index in [9.17, 15) is 78.0 Å². The number of nitrogens with one attached hydrogen (secondary N) is 10. The van der Waals surface area contributed by atoms with Crippen molar-refractivity contribution >= 4 is 82.9 Å². The monoisotopic (exact) mass is 1260 g/mol. The molecular formula is C54H87N19O16. The van der Waals surface area contributed by atoms with Gasteiger partial charge >= 0.3 is 11.9 Å². The number of phenolic OH excluding ortho intramolecular Hbond substituents is 1. The number of phenols is 1. The van der Waals surface area contributed by atoms with Gasteiger partial charge in [0, 0.05) is 44.2 Å². The van der Waals surface area contributed by atoms with Crippen LogP contribution in [0.5, 0.6) is 5.75 Å². The Hall–Kier alpha value is -9.67. The molecule has 2 rings (SSSR count). The number of aromatic hydroxyl groups is 1. The summed E-state index contributed by atoms with van der Waals surface area (Å²) in [5.74, 6) is -14.7. The highest BCUT2D eigenvalue weighted by molar-refractivity contribution is 5.99. The van der Waals surface area contributed by atoms with Crippen LogP contribution in [0.2, 0.25) is 0 Å². The molecule has 0 unspecified atom stereocenters. The lowest BCUT2D eigenvalue weighted by molar-refractivity contribution is -0.143. The van der Waals surface area contributed by atoms with Crippen molar-refractivity contribution in [2.24, 2.45) is 56.2 Å². The lowest BCUT2D eigenvalue weighted by Gasteiger charge is -2.28. The van der Waals surface area contributed by atoms with E-state index >= 15 is 0 Å². The van der Waals surface area contributed by atoms with E-state index in [1.807, 2.05) is 0 Å². The molecule has 0 radical (unpaired) electrons. The number of primary amides is 1. The fourth-order valence-corrected chi connectivity index (χ4v) is 8.46. The number of carboxylic acids is 2. The summed E-state index contributed by atoms with van der Waals surface area (Å²) >= 11 is 0. The fourth-order valence-electron chi connectivity index (χ4n) is 8.46. The van der Waals surface area contributed by atoms with E-state index in [4.69, 9.17) is 34.4 Å². The van der Waals surface area contributed by atoms with Crippen molar-refractivity contribution in [3.63, 3.8) is 0 Å². The molecule has 0 aliphatic rings. The van der Waals surface area contributed by atoms with Crippen molar-refractivity contribution in [3.8, 4) is 5.75 Å². The summed E-state index contributed by atoms with van der Waals surface area (Å²) in [4.78, 5) is 176. The number of aromatic amines is 1. The van der Waals surface area contributed by atoms with Crippen LogP contribution >= 0.6 is 0 Å². The molecule has 494 valence electrons. The van der Waals surface area contributed by atoms with Gasteiger partial charge in [0.25, 0.3) is 0 Å². The zero-order valence-electron chi connectivity index (χ0n) is 50.3. The lowest BCUT2D eigenvalue weighted by Crippen LogP contribution is -2.61. The number of imidazole rings is 1. The third-order valence-corrected chi connectivity index (χ3v) is 13.4. The van der Waals surface area contributed by atoms with Gasteiger partial charge in [0.1, 0.15) is 54.1 Å². The molecule has 35 heteroatoms. The molecule has 1 aromatic heterocycles. The minimum Gasteiger partial charge on any atom is -0.508 e. The molecule has 0 aliphatic heterocycles. The number of amides is 10. The van der Waals surface area contributed by atoms with Gasteiger partial charge in [0.2, 0.25) is 59.1 Å². The molecule has 1 heterocycles.